The zero-order valence-corrected chi connectivity index (χ0v) is 13.8. The van der Waals surface area contributed by atoms with Gasteiger partial charge in [0.1, 0.15) is 12.4 Å². The summed E-state index contributed by atoms with van der Waals surface area (Å²) in [6.45, 7) is 3.78. The topological polar surface area (TPSA) is 97.9 Å². The van der Waals surface area contributed by atoms with Gasteiger partial charge in [-0.15, -0.1) is 0 Å². The third kappa shape index (κ3) is 5.32. The van der Waals surface area contributed by atoms with Crippen molar-refractivity contribution in [3.63, 3.8) is 0 Å². The molecule has 2 rings (SSSR count). The van der Waals surface area contributed by atoms with Crippen molar-refractivity contribution in [2.24, 2.45) is 0 Å². The molecule has 0 radical (unpaired) electrons. The van der Waals surface area contributed by atoms with Crippen LogP contribution >= 0.6 is 0 Å². The van der Waals surface area contributed by atoms with Crippen LogP contribution in [0.4, 0.5) is 0 Å². The summed E-state index contributed by atoms with van der Waals surface area (Å²) >= 11 is 0. The molecule has 1 aromatic carbocycles. The zero-order chi connectivity index (χ0) is 17.4. The standard InChI is InChI=1S/C16H21N3O5/c1-3-19(9-15-17-14(10-22-2)18-24-15)8-12-6-4-5-7-13(12)23-11-16(20)21/h4-7H,3,8-11H2,1-2H3,(H,20,21). The van der Waals surface area contributed by atoms with Crippen molar-refractivity contribution < 1.29 is 23.9 Å². The van der Waals surface area contributed by atoms with E-state index in [2.05, 4.69) is 15.0 Å². The Morgan fingerprint density at radius 2 is 2.12 bits per heavy atom. The third-order valence-corrected chi connectivity index (χ3v) is 3.31. The van der Waals surface area contributed by atoms with Crippen LogP contribution in [0, 0.1) is 0 Å². The molecule has 0 aliphatic heterocycles. The van der Waals surface area contributed by atoms with Gasteiger partial charge in [0, 0.05) is 19.2 Å². The van der Waals surface area contributed by atoms with Crippen molar-refractivity contribution in [1.29, 1.82) is 0 Å². The molecule has 0 spiro atoms. The van der Waals surface area contributed by atoms with Crippen LogP contribution in [0.3, 0.4) is 0 Å². The number of benzene rings is 1. The summed E-state index contributed by atoms with van der Waals surface area (Å²) in [7, 11) is 1.57. The molecule has 0 amide bonds. The SMILES string of the molecule is CCN(Cc1nc(COC)no1)Cc1ccccc1OCC(=O)O. The zero-order valence-electron chi connectivity index (χ0n) is 13.8. The predicted molar refractivity (Wildman–Crippen MR) is 84.4 cm³/mol. The van der Waals surface area contributed by atoms with E-state index in [0.29, 0.717) is 37.2 Å². The number of para-hydroxylation sites is 1. The monoisotopic (exact) mass is 335 g/mol. The number of rotatable bonds is 10. The number of hydrogen-bond donors (Lipinski definition) is 1. The molecule has 0 unspecified atom stereocenters. The summed E-state index contributed by atoms with van der Waals surface area (Å²) in [5.41, 5.74) is 0.900. The fourth-order valence-corrected chi connectivity index (χ4v) is 2.17. The number of aromatic nitrogens is 2. The van der Waals surface area contributed by atoms with Crippen molar-refractivity contribution in [2.45, 2.75) is 26.6 Å². The maximum Gasteiger partial charge on any atom is 0.341 e. The van der Waals surface area contributed by atoms with Crippen LogP contribution in [0.15, 0.2) is 28.8 Å². The Bertz CT molecular complexity index is 659. The molecular formula is C16H21N3O5. The number of carbonyl (C=O) groups is 1. The second kappa shape index (κ2) is 8.99. The van der Waals surface area contributed by atoms with Gasteiger partial charge in [0.15, 0.2) is 12.4 Å². The number of carboxylic acid groups (broad SMARTS) is 1. The molecule has 0 bridgehead atoms. The maximum atomic E-state index is 10.7. The lowest BCUT2D eigenvalue weighted by Crippen LogP contribution is -2.23. The minimum atomic E-state index is -1.01. The van der Waals surface area contributed by atoms with Gasteiger partial charge in [-0.3, -0.25) is 4.90 Å². The van der Waals surface area contributed by atoms with E-state index in [-0.39, 0.29) is 6.61 Å². The maximum absolute atomic E-state index is 10.7. The second-order valence-corrected chi connectivity index (χ2v) is 5.13. The highest BCUT2D eigenvalue weighted by Crippen LogP contribution is 2.20. The molecule has 0 fully saturated rings. The van der Waals surface area contributed by atoms with E-state index in [0.717, 1.165) is 12.1 Å². The fourth-order valence-electron chi connectivity index (χ4n) is 2.17. The lowest BCUT2D eigenvalue weighted by molar-refractivity contribution is -0.139. The summed E-state index contributed by atoms with van der Waals surface area (Å²) in [6, 6.07) is 7.37. The molecule has 0 saturated carbocycles. The van der Waals surface area contributed by atoms with E-state index in [9.17, 15) is 4.79 Å². The molecule has 0 atom stereocenters. The predicted octanol–water partition coefficient (Wildman–Crippen LogP) is 1.70. The second-order valence-electron chi connectivity index (χ2n) is 5.13. The molecule has 1 heterocycles. The quantitative estimate of drug-likeness (QED) is 0.700. The summed E-state index contributed by atoms with van der Waals surface area (Å²) in [6.07, 6.45) is 0. The molecule has 0 aliphatic carbocycles. The van der Waals surface area contributed by atoms with Gasteiger partial charge in [-0.1, -0.05) is 30.3 Å². The largest absolute Gasteiger partial charge is 0.482 e. The highest BCUT2D eigenvalue weighted by atomic mass is 16.5. The Morgan fingerprint density at radius 1 is 1.33 bits per heavy atom. The lowest BCUT2D eigenvalue weighted by Gasteiger charge is -2.20. The number of methoxy groups -OCH3 is 1. The van der Waals surface area contributed by atoms with Crippen molar-refractivity contribution in [3.05, 3.63) is 41.5 Å². The summed E-state index contributed by atoms with van der Waals surface area (Å²) < 4.78 is 15.5. The number of ether oxygens (including phenoxy) is 2. The third-order valence-electron chi connectivity index (χ3n) is 3.31. The average molecular weight is 335 g/mol. The molecule has 0 aliphatic rings. The molecule has 0 saturated heterocycles. The van der Waals surface area contributed by atoms with Crippen molar-refractivity contribution >= 4 is 5.97 Å². The van der Waals surface area contributed by atoms with E-state index in [1.165, 1.54) is 0 Å². The van der Waals surface area contributed by atoms with Crippen LogP contribution in [-0.2, 0) is 29.2 Å². The van der Waals surface area contributed by atoms with Crippen LogP contribution in [0.1, 0.15) is 24.2 Å². The van der Waals surface area contributed by atoms with E-state index >= 15 is 0 Å². The first-order chi connectivity index (χ1) is 11.6. The molecule has 130 valence electrons. The fraction of sp³-hybridized carbons (Fsp3) is 0.438. The average Bonchev–Trinajstić information content (AvgIpc) is 3.00. The summed E-state index contributed by atoms with van der Waals surface area (Å²) in [5, 5.41) is 12.6. The van der Waals surface area contributed by atoms with Crippen LogP contribution in [-0.4, -0.2) is 46.4 Å². The molecule has 1 N–H and O–H groups in total. The van der Waals surface area contributed by atoms with Gasteiger partial charge in [0.2, 0.25) is 5.89 Å². The van der Waals surface area contributed by atoms with Gasteiger partial charge >= 0.3 is 5.97 Å². The van der Waals surface area contributed by atoms with Gasteiger partial charge in [-0.25, -0.2) is 4.79 Å². The van der Waals surface area contributed by atoms with Crippen molar-refractivity contribution in [1.82, 2.24) is 15.0 Å². The van der Waals surface area contributed by atoms with Crippen LogP contribution in [0.2, 0.25) is 0 Å². The van der Waals surface area contributed by atoms with Gasteiger partial charge in [0.05, 0.1) is 6.54 Å². The molecule has 8 nitrogen and oxygen atoms in total. The first-order valence-electron chi connectivity index (χ1n) is 7.57. The Labute approximate surface area is 140 Å². The van der Waals surface area contributed by atoms with Crippen molar-refractivity contribution in [3.8, 4) is 5.75 Å². The summed E-state index contributed by atoms with van der Waals surface area (Å²) in [5.74, 6) is 0.569. The Morgan fingerprint density at radius 3 is 2.83 bits per heavy atom. The first-order valence-corrected chi connectivity index (χ1v) is 7.57. The molecule has 24 heavy (non-hydrogen) atoms. The summed E-state index contributed by atoms with van der Waals surface area (Å²) in [4.78, 5) is 17.0. The van der Waals surface area contributed by atoms with E-state index in [1.54, 1.807) is 13.2 Å². The Balaban J connectivity index is 2.02. The van der Waals surface area contributed by atoms with Crippen LogP contribution < -0.4 is 4.74 Å². The Kier molecular flexibility index (Phi) is 6.71. The molecular weight excluding hydrogens is 314 g/mol. The van der Waals surface area contributed by atoms with Crippen LogP contribution in [0.25, 0.3) is 0 Å². The van der Waals surface area contributed by atoms with E-state index in [1.807, 2.05) is 25.1 Å². The van der Waals surface area contributed by atoms with Crippen molar-refractivity contribution in [2.75, 3.05) is 20.3 Å². The van der Waals surface area contributed by atoms with E-state index < -0.39 is 5.97 Å². The number of aliphatic carboxylic acids is 1. The first kappa shape index (κ1) is 17.9. The van der Waals surface area contributed by atoms with Gasteiger partial charge in [0.25, 0.3) is 0 Å². The molecule has 8 heteroatoms. The van der Waals surface area contributed by atoms with Gasteiger partial charge < -0.3 is 19.1 Å². The number of hydrogen-bond acceptors (Lipinski definition) is 7. The minimum absolute atomic E-state index is 0.307. The van der Waals surface area contributed by atoms with Crippen LogP contribution in [0.5, 0.6) is 5.75 Å². The molecule has 2 aromatic rings. The van der Waals surface area contributed by atoms with Gasteiger partial charge in [-0.05, 0) is 12.6 Å². The normalized spacial score (nSPS) is 11.0. The van der Waals surface area contributed by atoms with E-state index in [4.69, 9.17) is 19.1 Å². The minimum Gasteiger partial charge on any atom is -0.482 e. The highest BCUT2D eigenvalue weighted by Gasteiger charge is 2.14. The molecule has 1 aromatic heterocycles. The number of carboxylic acids is 1. The Hall–Kier alpha value is -2.45. The smallest absolute Gasteiger partial charge is 0.341 e. The lowest BCUT2D eigenvalue weighted by atomic mass is 10.2. The van der Waals surface area contributed by atoms with Gasteiger partial charge in [-0.2, -0.15) is 4.98 Å². The highest BCUT2D eigenvalue weighted by molar-refractivity contribution is 5.68. The number of nitrogens with zero attached hydrogens (tertiary/aromatic N) is 3.